The summed E-state index contributed by atoms with van der Waals surface area (Å²) in [4.78, 5) is 53.0. The van der Waals surface area contributed by atoms with Crippen LogP contribution in [-0.4, -0.2) is 65.9 Å². The fourth-order valence-electron chi connectivity index (χ4n) is 2.49. The number of aliphatic hydroxyl groups is 2. The zero-order valence-corrected chi connectivity index (χ0v) is 18.2. The summed E-state index contributed by atoms with van der Waals surface area (Å²) >= 11 is 0. The van der Waals surface area contributed by atoms with Gasteiger partial charge in [-0.1, -0.05) is 12.2 Å². The molecule has 1 aliphatic rings. The summed E-state index contributed by atoms with van der Waals surface area (Å²) in [7, 11) is -11.9. The lowest BCUT2D eigenvalue weighted by atomic mass is 10.1. The first-order valence-electron chi connectivity index (χ1n) is 8.23. The molecule has 19 heteroatoms. The Bertz CT molecular complexity index is 1010. The SMILES string of the molecule is NC/C=C/c1cn([C@@H]2O[C@H](COP(=O)(O)OP(=O)(O)OPO)C(O)[C@@H]2O)c(=O)[nH]c1=O. The average molecular weight is 507 g/mol. The van der Waals surface area contributed by atoms with Crippen molar-refractivity contribution in [2.45, 2.75) is 24.5 Å². The van der Waals surface area contributed by atoms with E-state index >= 15 is 0 Å². The Morgan fingerprint density at radius 1 is 1.26 bits per heavy atom. The molecule has 0 saturated carbocycles. The van der Waals surface area contributed by atoms with E-state index in [2.05, 4.69) is 13.1 Å². The number of phosphoric acid groups is 2. The van der Waals surface area contributed by atoms with E-state index in [4.69, 9.17) is 20.3 Å². The molecule has 0 amide bonds. The second-order valence-electron chi connectivity index (χ2n) is 5.93. The standard InChI is InChI=1S/C12H20N3O13P3/c13-3-1-2-6-4-15(12(19)14-10(6)18)11-9(17)8(16)7(26-11)5-25-30(21,22)28-31(23,24)27-29-20/h1-2,4,7-9,11,16-17,20,29H,3,5,13H2,(H,21,22)(H,23,24)(H,14,18,19)/b2-1+/t7-,8?,9+,11-/m1/s1. The van der Waals surface area contributed by atoms with E-state index in [9.17, 15) is 33.8 Å². The molecule has 4 unspecified atom stereocenters. The monoisotopic (exact) mass is 507 g/mol. The number of ether oxygens (including phenoxy) is 1. The highest BCUT2D eigenvalue weighted by molar-refractivity contribution is 7.63. The summed E-state index contributed by atoms with van der Waals surface area (Å²) in [5.74, 6) is 0. The molecule has 0 radical (unpaired) electrons. The third-order valence-corrected chi connectivity index (χ3v) is 7.18. The quantitative estimate of drug-likeness (QED) is 0.167. The minimum Gasteiger partial charge on any atom is -0.387 e. The summed E-state index contributed by atoms with van der Waals surface area (Å²) in [5.41, 5.74) is 3.59. The topological polar surface area (TPSA) is 253 Å². The molecular formula is C12H20N3O13P3. The van der Waals surface area contributed by atoms with E-state index in [0.717, 1.165) is 10.8 Å². The Kier molecular flexibility index (Phi) is 9.02. The summed E-state index contributed by atoms with van der Waals surface area (Å²) in [6.45, 7) is -0.824. The average Bonchev–Trinajstić information content (AvgIpc) is 2.93. The highest BCUT2D eigenvalue weighted by Gasteiger charge is 2.46. The van der Waals surface area contributed by atoms with Crippen LogP contribution in [0.5, 0.6) is 0 Å². The molecule has 0 aromatic carbocycles. The van der Waals surface area contributed by atoms with Gasteiger partial charge in [-0.3, -0.25) is 18.9 Å². The maximum atomic E-state index is 12.1. The van der Waals surface area contributed by atoms with Crippen molar-refractivity contribution in [2.24, 2.45) is 5.73 Å². The number of nitrogens with zero attached hydrogens (tertiary/aromatic N) is 1. The first-order valence-corrected chi connectivity index (χ1v) is 12.1. The van der Waals surface area contributed by atoms with Gasteiger partial charge in [-0.15, -0.1) is 0 Å². The Balaban J connectivity index is 2.16. The zero-order valence-electron chi connectivity index (χ0n) is 15.4. The number of hydrogen-bond acceptors (Lipinski definition) is 12. The first kappa shape index (κ1) is 26.2. The van der Waals surface area contributed by atoms with Crippen LogP contribution in [-0.2, 0) is 27.0 Å². The lowest BCUT2D eigenvalue weighted by Crippen LogP contribution is -2.38. The zero-order chi connectivity index (χ0) is 23.4. The molecule has 31 heavy (non-hydrogen) atoms. The van der Waals surface area contributed by atoms with E-state index in [1.54, 1.807) is 0 Å². The molecular weight excluding hydrogens is 487 g/mol. The maximum Gasteiger partial charge on any atom is 0.486 e. The van der Waals surface area contributed by atoms with Gasteiger partial charge in [-0.2, -0.15) is 4.31 Å². The molecule has 0 bridgehead atoms. The number of aromatic amines is 1. The van der Waals surface area contributed by atoms with Crippen LogP contribution in [0.3, 0.4) is 0 Å². The van der Waals surface area contributed by atoms with Gasteiger partial charge in [-0.05, 0) is 0 Å². The minimum absolute atomic E-state index is 0.00779. The molecule has 16 nitrogen and oxygen atoms in total. The molecule has 2 heterocycles. The van der Waals surface area contributed by atoms with E-state index < -0.39 is 67.1 Å². The van der Waals surface area contributed by atoms with Gasteiger partial charge in [0.15, 0.2) is 15.3 Å². The van der Waals surface area contributed by atoms with Gasteiger partial charge in [0.2, 0.25) is 0 Å². The molecule has 1 fully saturated rings. The maximum absolute atomic E-state index is 12.1. The van der Waals surface area contributed by atoms with Gasteiger partial charge in [0, 0.05) is 12.7 Å². The van der Waals surface area contributed by atoms with Crippen LogP contribution < -0.4 is 17.0 Å². The number of hydrogen-bond donors (Lipinski definition) is 7. The predicted octanol–water partition coefficient (Wildman–Crippen LogP) is -2.12. The minimum atomic E-state index is -5.23. The van der Waals surface area contributed by atoms with Crippen LogP contribution in [0.25, 0.3) is 6.08 Å². The smallest absolute Gasteiger partial charge is 0.387 e. The number of phosphoric ester groups is 1. The summed E-state index contributed by atoms with van der Waals surface area (Å²) in [5, 5.41) is 20.3. The largest absolute Gasteiger partial charge is 0.486 e. The Hall–Kier alpha value is -1.09. The van der Waals surface area contributed by atoms with Crippen molar-refractivity contribution in [1.82, 2.24) is 9.55 Å². The molecule has 0 aliphatic carbocycles. The summed E-state index contributed by atoms with van der Waals surface area (Å²) < 4.78 is 41.3. The Morgan fingerprint density at radius 3 is 2.55 bits per heavy atom. The Morgan fingerprint density at radius 2 is 1.94 bits per heavy atom. The highest BCUT2D eigenvalue weighted by atomic mass is 31.3. The van der Waals surface area contributed by atoms with E-state index in [1.807, 2.05) is 4.98 Å². The summed E-state index contributed by atoms with van der Waals surface area (Å²) in [6, 6.07) is 0. The number of aromatic nitrogens is 2. The van der Waals surface area contributed by atoms with Gasteiger partial charge in [0.1, 0.15) is 18.3 Å². The van der Waals surface area contributed by atoms with Crippen molar-refractivity contribution in [1.29, 1.82) is 0 Å². The second kappa shape index (κ2) is 10.7. The fourth-order valence-corrected chi connectivity index (χ4v) is 4.90. The van der Waals surface area contributed by atoms with Crippen molar-refractivity contribution < 1.29 is 51.9 Å². The lowest BCUT2D eigenvalue weighted by Gasteiger charge is -2.18. The van der Waals surface area contributed by atoms with Crippen molar-refractivity contribution in [2.75, 3.05) is 13.2 Å². The molecule has 2 rings (SSSR count). The van der Waals surface area contributed by atoms with Crippen LogP contribution in [0, 0.1) is 0 Å². The van der Waals surface area contributed by atoms with Gasteiger partial charge < -0.3 is 35.4 Å². The molecule has 0 spiro atoms. The molecule has 1 aromatic heterocycles. The molecule has 7 atom stereocenters. The van der Waals surface area contributed by atoms with Crippen molar-refractivity contribution in [3.8, 4) is 0 Å². The van der Waals surface area contributed by atoms with Gasteiger partial charge in [0.05, 0.1) is 12.2 Å². The number of nitrogens with one attached hydrogen (secondary N) is 1. The van der Waals surface area contributed by atoms with Crippen LogP contribution in [0.1, 0.15) is 11.8 Å². The Labute approximate surface area is 175 Å². The molecule has 1 saturated heterocycles. The van der Waals surface area contributed by atoms with Gasteiger partial charge in [0.25, 0.3) is 5.56 Å². The number of H-pyrrole nitrogens is 1. The molecule has 1 aliphatic heterocycles. The van der Waals surface area contributed by atoms with Crippen LogP contribution in [0.15, 0.2) is 21.9 Å². The number of nitrogens with two attached hydrogens (primary N) is 1. The van der Waals surface area contributed by atoms with Gasteiger partial charge in [-0.25, -0.2) is 18.2 Å². The lowest BCUT2D eigenvalue weighted by molar-refractivity contribution is -0.0542. The number of rotatable bonds is 10. The third-order valence-electron chi connectivity index (χ3n) is 3.80. The number of aliphatic hydroxyl groups excluding tert-OH is 2. The van der Waals surface area contributed by atoms with Crippen molar-refractivity contribution >= 4 is 30.8 Å². The second-order valence-corrected chi connectivity index (χ2v) is 9.63. The van der Waals surface area contributed by atoms with Gasteiger partial charge >= 0.3 is 21.3 Å². The molecule has 1 aromatic rings. The first-order chi connectivity index (χ1) is 14.4. The van der Waals surface area contributed by atoms with E-state index in [-0.39, 0.29) is 12.1 Å². The predicted molar refractivity (Wildman–Crippen MR) is 104 cm³/mol. The van der Waals surface area contributed by atoms with Crippen LogP contribution in [0.4, 0.5) is 0 Å². The van der Waals surface area contributed by atoms with Crippen molar-refractivity contribution in [3.63, 3.8) is 0 Å². The van der Waals surface area contributed by atoms with E-state index in [1.165, 1.54) is 12.2 Å². The van der Waals surface area contributed by atoms with Crippen LogP contribution in [0.2, 0.25) is 0 Å². The highest BCUT2D eigenvalue weighted by Crippen LogP contribution is 2.62. The normalized spacial score (nSPS) is 28.3. The third kappa shape index (κ3) is 6.94. The van der Waals surface area contributed by atoms with Crippen LogP contribution >= 0.6 is 24.7 Å². The molecule has 176 valence electrons. The summed E-state index contributed by atoms with van der Waals surface area (Å²) in [6.07, 6.45) is -2.70. The van der Waals surface area contributed by atoms with E-state index in [0.29, 0.717) is 0 Å². The molecule has 8 N–H and O–H groups in total. The van der Waals surface area contributed by atoms with Crippen molar-refractivity contribution in [3.05, 3.63) is 38.7 Å². The fraction of sp³-hybridized carbons (Fsp3) is 0.500.